The Hall–Kier alpha value is -3.83. The van der Waals surface area contributed by atoms with Gasteiger partial charge in [-0.1, -0.05) is 36.9 Å². The van der Waals surface area contributed by atoms with E-state index in [0.29, 0.717) is 33.6 Å². The van der Waals surface area contributed by atoms with Crippen molar-refractivity contribution in [3.05, 3.63) is 86.6 Å². The minimum atomic E-state index is -0.809. The summed E-state index contributed by atoms with van der Waals surface area (Å²) in [6, 6.07) is 11.5. The van der Waals surface area contributed by atoms with Crippen LogP contribution in [0.1, 0.15) is 42.5 Å². The number of thiophene rings is 1. The Kier molecular flexibility index (Phi) is 7.24. The molecule has 2 N–H and O–H groups in total. The fraction of sp³-hybridized carbons (Fsp3) is 0.310. The molecule has 3 aromatic heterocycles. The van der Waals surface area contributed by atoms with Gasteiger partial charge in [-0.05, 0) is 61.9 Å². The van der Waals surface area contributed by atoms with Gasteiger partial charge in [-0.3, -0.25) is 9.36 Å². The molecular formula is C29H28N4O5S2. The number of carbonyl (C=O) groups is 2. The zero-order chi connectivity index (χ0) is 27.8. The van der Waals surface area contributed by atoms with Crippen LogP contribution in [0.25, 0.3) is 15.9 Å². The number of nitrogens with one attached hydrogen (secondary N) is 2. The van der Waals surface area contributed by atoms with Crippen LogP contribution in [0.3, 0.4) is 0 Å². The maximum atomic E-state index is 14.1. The molecule has 40 heavy (non-hydrogen) atoms. The van der Waals surface area contributed by atoms with Gasteiger partial charge >= 0.3 is 12.0 Å². The molecule has 0 radical (unpaired) electrons. The molecule has 1 aliphatic carbocycles. The average Bonchev–Trinajstić information content (AvgIpc) is 3.60. The molecule has 0 bridgehead atoms. The Morgan fingerprint density at radius 2 is 2.05 bits per heavy atom. The van der Waals surface area contributed by atoms with Crippen molar-refractivity contribution in [2.24, 2.45) is 5.92 Å². The van der Waals surface area contributed by atoms with Gasteiger partial charge in [0.2, 0.25) is 0 Å². The molecule has 0 saturated carbocycles. The van der Waals surface area contributed by atoms with Crippen LogP contribution in [0, 0.1) is 5.92 Å². The van der Waals surface area contributed by atoms with Crippen molar-refractivity contribution in [2.45, 2.75) is 44.3 Å². The monoisotopic (exact) mass is 576 g/mol. The van der Waals surface area contributed by atoms with E-state index in [2.05, 4.69) is 17.6 Å². The van der Waals surface area contributed by atoms with Crippen molar-refractivity contribution in [1.82, 2.24) is 20.2 Å². The lowest BCUT2D eigenvalue weighted by Crippen LogP contribution is -2.46. The van der Waals surface area contributed by atoms with Gasteiger partial charge in [0.05, 0.1) is 29.5 Å². The van der Waals surface area contributed by atoms with E-state index in [4.69, 9.17) is 14.1 Å². The number of aryl methyl sites for hydroxylation is 1. The number of aromatic nitrogens is 2. The Morgan fingerprint density at radius 3 is 2.80 bits per heavy atom. The van der Waals surface area contributed by atoms with Gasteiger partial charge in [0.1, 0.15) is 16.6 Å². The molecule has 4 heterocycles. The largest absolute Gasteiger partial charge is 0.467 e. The van der Waals surface area contributed by atoms with Crippen molar-refractivity contribution in [1.29, 1.82) is 0 Å². The Bertz CT molecular complexity index is 1670. The van der Waals surface area contributed by atoms with E-state index in [-0.39, 0.29) is 23.5 Å². The molecule has 1 aliphatic heterocycles. The predicted octanol–water partition coefficient (Wildman–Crippen LogP) is 5.13. The van der Waals surface area contributed by atoms with E-state index in [9.17, 15) is 14.4 Å². The highest BCUT2D eigenvalue weighted by atomic mass is 32.2. The summed E-state index contributed by atoms with van der Waals surface area (Å²) in [5.74, 6) is 0.603. The number of thioether (sulfide) groups is 1. The summed E-state index contributed by atoms with van der Waals surface area (Å²) >= 11 is 2.88. The Labute approximate surface area is 238 Å². The first-order valence-corrected chi connectivity index (χ1v) is 15.0. The summed E-state index contributed by atoms with van der Waals surface area (Å²) in [5.41, 5.74) is 2.35. The zero-order valence-electron chi connectivity index (χ0n) is 22.1. The summed E-state index contributed by atoms with van der Waals surface area (Å²) < 4.78 is 12.5. The molecule has 11 heteroatoms. The van der Waals surface area contributed by atoms with E-state index in [1.165, 1.54) is 22.9 Å². The topological polar surface area (TPSA) is 115 Å². The molecule has 2 amide bonds. The maximum Gasteiger partial charge on any atom is 0.338 e. The van der Waals surface area contributed by atoms with Crippen LogP contribution >= 0.6 is 23.1 Å². The van der Waals surface area contributed by atoms with Crippen LogP contribution in [0.15, 0.2) is 74.4 Å². The summed E-state index contributed by atoms with van der Waals surface area (Å²) in [4.78, 5) is 46.8. The Morgan fingerprint density at radius 1 is 1.23 bits per heavy atom. The minimum absolute atomic E-state index is 0.104. The van der Waals surface area contributed by atoms with Crippen molar-refractivity contribution < 1.29 is 18.7 Å². The van der Waals surface area contributed by atoms with Crippen molar-refractivity contribution in [3.8, 4) is 5.69 Å². The number of esters is 1. The SMILES string of the molecule is CCOC(=O)C1=C(CSc2nc3sc4c(c3c(=O)n2-c2ccccc2)CCC(C)C4)NC(=O)NC1c1ccco1. The van der Waals surface area contributed by atoms with E-state index in [0.717, 1.165) is 29.7 Å². The molecule has 2 unspecified atom stereocenters. The van der Waals surface area contributed by atoms with E-state index in [1.54, 1.807) is 35.0 Å². The standard InChI is InChI=1S/C29H28N4O5S2/c1-3-37-27(35)23-19(30-28(36)31-24(23)20-10-7-13-38-20)15-39-29-32-25-22(18-12-11-16(2)14-21(18)40-25)26(34)33(29)17-8-5-4-6-9-17/h4-10,13,16,24H,3,11-12,14-15H2,1-2H3,(H2,30,31,36). The number of fused-ring (bicyclic) bond motifs is 3. The molecule has 4 aromatic rings. The molecule has 1 aromatic carbocycles. The number of nitrogens with zero attached hydrogens (tertiary/aromatic N) is 2. The highest BCUT2D eigenvalue weighted by Crippen LogP contribution is 2.37. The third-order valence-corrected chi connectivity index (χ3v) is 9.25. The summed E-state index contributed by atoms with van der Waals surface area (Å²) in [5, 5.41) is 6.71. The van der Waals surface area contributed by atoms with Crippen LogP contribution in [0.2, 0.25) is 0 Å². The number of rotatable bonds is 7. The number of ether oxygens (including phenoxy) is 1. The lowest BCUT2D eigenvalue weighted by atomic mass is 9.89. The number of furan rings is 1. The predicted molar refractivity (Wildman–Crippen MR) is 154 cm³/mol. The van der Waals surface area contributed by atoms with Gasteiger partial charge in [-0.15, -0.1) is 11.3 Å². The third kappa shape index (κ3) is 4.84. The molecule has 206 valence electrons. The number of hydrogen-bond acceptors (Lipinski definition) is 8. The van der Waals surface area contributed by atoms with Gasteiger partial charge in [-0.25, -0.2) is 14.6 Å². The second kappa shape index (κ2) is 11.0. The van der Waals surface area contributed by atoms with Gasteiger partial charge in [0.15, 0.2) is 5.16 Å². The highest BCUT2D eigenvalue weighted by molar-refractivity contribution is 7.99. The lowest BCUT2D eigenvalue weighted by molar-refractivity contribution is -0.139. The van der Waals surface area contributed by atoms with E-state index in [1.807, 2.05) is 30.3 Å². The summed E-state index contributed by atoms with van der Waals surface area (Å²) in [6.45, 7) is 4.14. The summed E-state index contributed by atoms with van der Waals surface area (Å²) in [6.07, 6.45) is 4.36. The maximum absolute atomic E-state index is 14.1. The molecule has 0 spiro atoms. The number of carbonyl (C=O) groups excluding carboxylic acids is 2. The van der Waals surface area contributed by atoms with E-state index < -0.39 is 18.0 Å². The number of benzene rings is 1. The second-order valence-electron chi connectivity index (χ2n) is 9.85. The van der Waals surface area contributed by atoms with Gasteiger partial charge < -0.3 is 19.8 Å². The first kappa shape index (κ1) is 26.4. The molecule has 2 atom stereocenters. The van der Waals surface area contributed by atoms with Crippen LogP contribution in [-0.2, 0) is 22.4 Å². The van der Waals surface area contributed by atoms with Crippen molar-refractivity contribution >= 4 is 45.3 Å². The van der Waals surface area contributed by atoms with Crippen LogP contribution < -0.4 is 16.2 Å². The van der Waals surface area contributed by atoms with Crippen LogP contribution in [-0.4, -0.2) is 33.9 Å². The Balaban J connectivity index is 1.45. The lowest BCUT2D eigenvalue weighted by Gasteiger charge is -2.27. The fourth-order valence-corrected chi connectivity index (χ4v) is 7.67. The minimum Gasteiger partial charge on any atom is -0.467 e. The quantitative estimate of drug-likeness (QED) is 0.178. The van der Waals surface area contributed by atoms with Crippen molar-refractivity contribution in [2.75, 3.05) is 12.4 Å². The highest BCUT2D eigenvalue weighted by Gasteiger charge is 2.35. The van der Waals surface area contributed by atoms with Gasteiger partial charge in [0.25, 0.3) is 5.56 Å². The number of para-hydroxylation sites is 1. The zero-order valence-corrected chi connectivity index (χ0v) is 23.7. The normalized spacial score (nSPS) is 18.8. The molecule has 9 nitrogen and oxygen atoms in total. The van der Waals surface area contributed by atoms with E-state index >= 15 is 0 Å². The summed E-state index contributed by atoms with van der Waals surface area (Å²) in [7, 11) is 0. The number of hydrogen-bond donors (Lipinski definition) is 2. The molecule has 2 aliphatic rings. The van der Waals surface area contributed by atoms with Crippen LogP contribution in [0.5, 0.6) is 0 Å². The molecule has 6 rings (SSSR count). The first-order valence-electron chi connectivity index (χ1n) is 13.2. The molecular weight excluding hydrogens is 548 g/mol. The van der Waals surface area contributed by atoms with Gasteiger partial charge in [0, 0.05) is 16.3 Å². The second-order valence-corrected chi connectivity index (χ2v) is 11.9. The third-order valence-electron chi connectivity index (χ3n) is 7.14. The molecule has 0 fully saturated rings. The average molecular weight is 577 g/mol. The number of urea groups is 1. The van der Waals surface area contributed by atoms with Gasteiger partial charge in [-0.2, -0.15) is 0 Å². The first-order chi connectivity index (χ1) is 19.4. The fourth-order valence-electron chi connectivity index (χ4n) is 5.26. The smallest absolute Gasteiger partial charge is 0.338 e. The van der Waals surface area contributed by atoms with Crippen molar-refractivity contribution in [3.63, 3.8) is 0 Å². The number of amides is 2. The molecule has 0 saturated heterocycles. The van der Waals surface area contributed by atoms with Crippen LogP contribution in [0.4, 0.5) is 4.79 Å².